The second-order valence-electron chi connectivity index (χ2n) is 6.95. The van der Waals surface area contributed by atoms with Gasteiger partial charge in [-0.1, -0.05) is 35.3 Å². The van der Waals surface area contributed by atoms with Crippen LogP contribution in [0.2, 0.25) is 10.0 Å². The van der Waals surface area contributed by atoms with Crippen LogP contribution in [0.5, 0.6) is 5.75 Å². The van der Waals surface area contributed by atoms with Gasteiger partial charge in [0.2, 0.25) is 5.56 Å². The summed E-state index contributed by atoms with van der Waals surface area (Å²) < 4.78 is 7.67. The molecule has 9 heteroatoms. The summed E-state index contributed by atoms with van der Waals surface area (Å²) in [6.07, 6.45) is 0. The average molecular weight is 471 g/mol. The van der Waals surface area contributed by atoms with E-state index in [0.717, 1.165) is 45.6 Å². The van der Waals surface area contributed by atoms with Gasteiger partial charge in [0.15, 0.2) is 0 Å². The molecule has 1 atom stereocenters. The number of amides is 1. The third-order valence-corrected chi connectivity index (χ3v) is 6.39. The maximum absolute atomic E-state index is 12.4. The first-order valence-electron chi connectivity index (χ1n) is 9.40. The number of fused-ring (bicyclic) bond motifs is 2. The van der Waals surface area contributed by atoms with Crippen molar-refractivity contribution in [1.82, 2.24) is 9.55 Å². The van der Waals surface area contributed by atoms with E-state index in [2.05, 4.69) is 15.6 Å². The van der Waals surface area contributed by atoms with Crippen LogP contribution in [0.1, 0.15) is 0 Å². The van der Waals surface area contributed by atoms with E-state index in [9.17, 15) is 4.79 Å². The highest BCUT2D eigenvalue weighted by Crippen LogP contribution is 2.35. The first kappa shape index (κ1) is 20.1. The number of hydrogen-bond acceptors (Lipinski definition) is 5. The smallest absolute Gasteiger partial charge is 0.288 e. The third kappa shape index (κ3) is 3.92. The van der Waals surface area contributed by atoms with E-state index in [4.69, 9.17) is 27.9 Å². The van der Waals surface area contributed by atoms with Gasteiger partial charge in [0.05, 0.1) is 26.8 Å². The Bertz CT molecular complexity index is 1280. The van der Waals surface area contributed by atoms with E-state index in [1.807, 2.05) is 60.1 Å². The minimum atomic E-state index is -0.463. The van der Waals surface area contributed by atoms with Crippen molar-refractivity contribution in [2.45, 2.75) is 5.56 Å². The van der Waals surface area contributed by atoms with Gasteiger partial charge >= 0.3 is 0 Å². The first-order chi connectivity index (χ1) is 15.0. The molecule has 2 heterocycles. The van der Waals surface area contributed by atoms with Crippen molar-refractivity contribution >= 4 is 62.6 Å². The Hall–Kier alpha value is -2.87. The SMILES string of the molecule is Cn1c(-c2ccc(NC(=O)SC3Nc4ccccc4O3)cc2)nc2cc(Cl)c(Cl)cc21. The standard InChI is InChI=1S/C22H16Cl2N4O2S/c1-28-18-11-15(24)14(23)10-17(18)26-20(28)12-6-8-13(9-7-12)25-21(29)31-22-27-16-4-2-3-5-19(16)30-22/h2-11,22,27H,1H3,(H,25,29). The van der Waals surface area contributed by atoms with Gasteiger partial charge < -0.3 is 19.9 Å². The molecule has 5 rings (SSSR count). The van der Waals surface area contributed by atoms with Crippen LogP contribution in [0, 0.1) is 0 Å². The maximum Gasteiger partial charge on any atom is 0.288 e. The molecule has 31 heavy (non-hydrogen) atoms. The Balaban J connectivity index is 1.28. The summed E-state index contributed by atoms with van der Waals surface area (Å²) in [4.78, 5) is 17.1. The summed E-state index contributed by atoms with van der Waals surface area (Å²) in [6, 6.07) is 18.6. The van der Waals surface area contributed by atoms with Crippen molar-refractivity contribution in [3.63, 3.8) is 0 Å². The molecule has 1 aliphatic rings. The van der Waals surface area contributed by atoms with E-state index in [-0.39, 0.29) is 5.24 Å². The summed E-state index contributed by atoms with van der Waals surface area (Å²) in [5, 5.41) is 6.77. The fourth-order valence-electron chi connectivity index (χ4n) is 3.41. The number of carbonyl (C=O) groups excluding carboxylic acids is 1. The van der Waals surface area contributed by atoms with Gasteiger partial charge in [-0.2, -0.15) is 0 Å². The minimum Gasteiger partial charge on any atom is -0.459 e. The predicted octanol–water partition coefficient (Wildman–Crippen LogP) is 6.60. The van der Waals surface area contributed by atoms with Crippen LogP contribution in [0.25, 0.3) is 22.4 Å². The summed E-state index contributed by atoms with van der Waals surface area (Å²) in [6.45, 7) is 0. The molecule has 3 aromatic carbocycles. The summed E-state index contributed by atoms with van der Waals surface area (Å²) in [5.74, 6) is 1.52. The molecule has 1 aromatic heterocycles. The van der Waals surface area contributed by atoms with Gasteiger partial charge in [0.1, 0.15) is 11.6 Å². The molecule has 156 valence electrons. The zero-order valence-corrected chi connectivity index (χ0v) is 18.6. The highest BCUT2D eigenvalue weighted by atomic mass is 35.5. The van der Waals surface area contributed by atoms with Crippen molar-refractivity contribution < 1.29 is 9.53 Å². The van der Waals surface area contributed by atoms with Gasteiger partial charge in [-0.05, 0) is 48.5 Å². The Kier molecular flexibility index (Phi) is 5.17. The lowest BCUT2D eigenvalue weighted by molar-refractivity contribution is 0.268. The van der Waals surface area contributed by atoms with Crippen LogP contribution in [0.15, 0.2) is 60.7 Å². The minimum absolute atomic E-state index is 0.218. The number of carbonyl (C=O) groups is 1. The highest BCUT2D eigenvalue weighted by molar-refractivity contribution is 8.14. The number of halogens is 2. The molecule has 0 fully saturated rings. The lowest BCUT2D eigenvalue weighted by Gasteiger charge is -2.11. The number of imidazole rings is 1. The van der Waals surface area contributed by atoms with Crippen LogP contribution >= 0.6 is 35.0 Å². The van der Waals surface area contributed by atoms with E-state index in [1.54, 1.807) is 12.1 Å². The molecule has 0 saturated carbocycles. The number of nitrogens with one attached hydrogen (secondary N) is 2. The first-order valence-corrected chi connectivity index (χ1v) is 11.0. The summed E-state index contributed by atoms with van der Waals surface area (Å²) in [7, 11) is 1.92. The average Bonchev–Trinajstić information content (AvgIpc) is 3.29. The molecule has 6 nitrogen and oxygen atoms in total. The number of hydrogen-bond donors (Lipinski definition) is 2. The zero-order valence-electron chi connectivity index (χ0n) is 16.2. The van der Waals surface area contributed by atoms with Crippen LogP contribution in [0.4, 0.5) is 16.2 Å². The van der Waals surface area contributed by atoms with Gasteiger partial charge in [-0.25, -0.2) is 4.98 Å². The second kappa shape index (κ2) is 8.00. The number of rotatable bonds is 3. The van der Waals surface area contributed by atoms with E-state index in [1.165, 1.54) is 0 Å². The number of anilines is 2. The number of para-hydroxylation sites is 2. The van der Waals surface area contributed by atoms with Gasteiger partial charge in [0, 0.05) is 30.1 Å². The normalized spacial score (nSPS) is 14.7. The molecule has 0 bridgehead atoms. The molecular weight excluding hydrogens is 455 g/mol. The molecular formula is C22H16Cl2N4O2S. The molecule has 1 aliphatic heterocycles. The summed E-state index contributed by atoms with van der Waals surface area (Å²) in [5.41, 5.74) is 3.67. The Labute approximate surface area is 192 Å². The molecule has 4 aromatic rings. The Morgan fingerprint density at radius 1 is 1.13 bits per heavy atom. The molecule has 0 radical (unpaired) electrons. The fourth-order valence-corrected chi connectivity index (χ4v) is 4.43. The van der Waals surface area contributed by atoms with Crippen molar-refractivity contribution in [3.8, 4) is 17.1 Å². The van der Waals surface area contributed by atoms with E-state index in [0.29, 0.717) is 15.7 Å². The van der Waals surface area contributed by atoms with Gasteiger partial charge in [-0.3, -0.25) is 4.79 Å². The third-order valence-electron chi connectivity index (χ3n) is 4.92. The number of aryl methyl sites for hydroxylation is 1. The molecule has 0 aliphatic carbocycles. The second-order valence-corrected chi connectivity index (χ2v) is 8.80. The lowest BCUT2D eigenvalue weighted by Crippen LogP contribution is -2.20. The van der Waals surface area contributed by atoms with Crippen molar-refractivity contribution in [2.75, 3.05) is 10.6 Å². The van der Waals surface area contributed by atoms with Crippen LogP contribution in [-0.4, -0.2) is 20.4 Å². The van der Waals surface area contributed by atoms with Crippen molar-refractivity contribution in [2.24, 2.45) is 7.05 Å². The monoisotopic (exact) mass is 470 g/mol. The topological polar surface area (TPSA) is 68.2 Å². The summed E-state index contributed by atoms with van der Waals surface area (Å²) >= 11 is 13.3. The largest absolute Gasteiger partial charge is 0.459 e. The molecule has 1 amide bonds. The Morgan fingerprint density at radius 2 is 1.87 bits per heavy atom. The number of benzene rings is 3. The number of aromatic nitrogens is 2. The number of ether oxygens (including phenoxy) is 1. The lowest BCUT2D eigenvalue weighted by atomic mass is 10.2. The quantitative estimate of drug-likeness (QED) is 0.352. The maximum atomic E-state index is 12.4. The fraction of sp³-hybridized carbons (Fsp3) is 0.0909. The van der Waals surface area contributed by atoms with Crippen LogP contribution in [-0.2, 0) is 7.05 Å². The molecule has 2 N–H and O–H groups in total. The highest BCUT2D eigenvalue weighted by Gasteiger charge is 2.24. The van der Waals surface area contributed by atoms with Crippen molar-refractivity contribution in [3.05, 3.63) is 70.7 Å². The molecule has 0 spiro atoms. The zero-order chi connectivity index (χ0) is 21.5. The van der Waals surface area contributed by atoms with Crippen LogP contribution < -0.4 is 15.4 Å². The van der Waals surface area contributed by atoms with E-state index < -0.39 is 5.56 Å². The number of nitrogens with zero attached hydrogens (tertiary/aromatic N) is 2. The molecule has 0 saturated heterocycles. The predicted molar refractivity (Wildman–Crippen MR) is 127 cm³/mol. The van der Waals surface area contributed by atoms with Gasteiger partial charge in [-0.15, -0.1) is 0 Å². The van der Waals surface area contributed by atoms with Crippen molar-refractivity contribution in [1.29, 1.82) is 0 Å². The molecule has 1 unspecified atom stereocenters. The Morgan fingerprint density at radius 3 is 2.65 bits per heavy atom. The number of thioether (sulfide) groups is 1. The van der Waals surface area contributed by atoms with E-state index >= 15 is 0 Å². The van der Waals surface area contributed by atoms with Crippen LogP contribution in [0.3, 0.4) is 0 Å². The van der Waals surface area contributed by atoms with Gasteiger partial charge in [0.25, 0.3) is 5.24 Å².